The highest BCUT2D eigenvalue weighted by Gasteiger charge is 2.57. The molecule has 44 heavy (non-hydrogen) atoms. The summed E-state index contributed by atoms with van der Waals surface area (Å²) in [6, 6.07) is 10.8. The third kappa shape index (κ3) is 5.21. The summed E-state index contributed by atoms with van der Waals surface area (Å²) in [5.74, 6) is -4.34. The Morgan fingerprint density at radius 3 is 2.23 bits per heavy atom. The number of alkyl halides is 6. The van der Waals surface area contributed by atoms with Crippen molar-refractivity contribution < 1.29 is 45.1 Å². The largest absolute Gasteiger partial charge is 0.469 e. The van der Waals surface area contributed by atoms with Crippen LogP contribution in [0.15, 0.2) is 81.2 Å². The van der Waals surface area contributed by atoms with Gasteiger partial charge in [0.25, 0.3) is 0 Å². The van der Waals surface area contributed by atoms with Crippen LogP contribution in [-0.4, -0.2) is 27.5 Å². The van der Waals surface area contributed by atoms with Gasteiger partial charge in [-0.15, -0.1) is 0 Å². The topological polar surface area (TPSA) is 102 Å². The molecule has 0 unspecified atom stereocenters. The molecule has 0 aliphatic carbocycles. The molecule has 16 heteroatoms. The first-order chi connectivity index (χ1) is 20.7. The van der Waals surface area contributed by atoms with Gasteiger partial charge in [0, 0.05) is 5.69 Å². The van der Waals surface area contributed by atoms with E-state index in [0.717, 1.165) is 46.7 Å². The number of hydrogen-bond acceptors (Lipinski definition) is 7. The smallest absolute Gasteiger partial charge is 0.416 e. The number of nitrogens with one attached hydrogen (secondary N) is 1. The molecule has 228 valence electrons. The van der Waals surface area contributed by atoms with Gasteiger partial charge in [0.2, 0.25) is 17.7 Å². The predicted octanol–water partition coefficient (Wildman–Crippen LogP) is 5.97. The van der Waals surface area contributed by atoms with E-state index in [1.54, 1.807) is 0 Å². The number of halogens is 6. The van der Waals surface area contributed by atoms with Crippen LogP contribution in [0.4, 0.5) is 37.7 Å². The molecular weight excluding hydrogens is 636 g/mol. The average molecular weight is 654 g/mol. The van der Waals surface area contributed by atoms with Gasteiger partial charge in [0.15, 0.2) is 0 Å². The van der Waals surface area contributed by atoms with Crippen molar-refractivity contribution in [2.75, 3.05) is 10.2 Å². The maximum Gasteiger partial charge on any atom is 0.416 e. The van der Waals surface area contributed by atoms with E-state index in [-0.39, 0.29) is 22.2 Å². The quantitative estimate of drug-likeness (QED) is 0.210. The van der Waals surface area contributed by atoms with E-state index < -0.39 is 69.7 Å². The molecule has 1 fully saturated rings. The molecule has 3 atom stereocenters. The maximum absolute atomic E-state index is 13.7. The minimum absolute atomic E-state index is 0.156. The summed E-state index contributed by atoms with van der Waals surface area (Å²) < 4.78 is 86.1. The van der Waals surface area contributed by atoms with Crippen LogP contribution in [0.1, 0.15) is 27.7 Å². The monoisotopic (exact) mass is 653 g/mol. The van der Waals surface area contributed by atoms with Gasteiger partial charge < -0.3 is 9.73 Å². The summed E-state index contributed by atoms with van der Waals surface area (Å²) in [5, 5.41) is 1.30. The second kappa shape index (κ2) is 10.7. The molecule has 2 aliphatic heterocycles. The van der Waals surface area contributed by atoms with Gasteiger partial charge in [-0.05, 0) is 48.5 Å². The van der Waals surface area contributed by atoms with E-state index in [1.807, 2.05) is 0 Å². The summed E-state index contributed by atoms with van der Waals surface area (Å²) >= 11 is 1.52. The lowest BCUT2D eigenvalue weighted by Crippen LogP contribution is -2.32. The number of fused-ring (bicyclic) bond motifs is 2. The highest BCUT2D eigenvalue weighted by Crippen LogP contribution is 2.54. The van der Waals surface area contributed by atoms with Crippen LogP contribution in [0.2, 0.25) is 0 Å². The Morgan fingerprint density at radius 1 is 0.886 bits per heavy atom. The van der Waals surface area contributed by atoms with Crippen LogP contribution < -0.4 is 15.1 Å². The normalized spacial score (nSPS) is 20.0. The van der Waals surface area contributed by atoms with Gasteiger partial charge in [0.1, 0.15) is 17.6 Å². The Morgan fingerprint density at radius 2 is 1.57 bits per heavy atom. The second-order valence-corrected chi connectivity index (χ2v) is 12.0. The SMILES string of the molecule is O=C(Cn1c2c(sc1=O)[C@@H](c1ccco1)[C@@H]1C(=O)N(c3cccc(C(F)(F)F)c3)C(=O)[C@@H]1S2)Nc1cccc(C(F)(F)F)c1. The van der Waals surface area contributed by atoms with E-state index >= 15 is 0 Å². The second-order valence-electron chi connectivity index (χ2n) is 9.87. The fourth-order valence-corrected chi connectivity index (χ4v) is 7.98. The van der Waals surface area contributed by atoms with Crippen molar-refractivity contribution in [1.29, 1.82) is 0 Å². The van der Waals surface area contributed by atoms with Crippen molar-refractivity contribution in [3.8, 4) is 0 Å². The van der Waals surface area contributed by atoms with Crippen LogP contribution in [0.3, 0.4) is 0 Å². The number of thioether (sulfide) groups is 1. The van der Waals surface area contributed by atoms with E-state index in [9.17, 15) is 45.5 Å². The number of furan rings is 1. The molecule has 4 aromatic rings. The van der Waals surface area contributed by atoms with Gasteiger partial charge in [-0.2, -0.15) is 26.3 Å². The van der Waals surface area contributed by atoms with Crippen molar-refractivity contribution in [2.24, 2.45) is 5.92 Å². The minimum atomic E-state index is -4.73. The fraction of sp³-hybridized carbons (Fsp3) is 0.214. The number of carbonyl (C=O) groups excluding carboxylic acids is 3. The lowest BCUT2D eigenvalue weighted by atomic mass is 9.87. The summed E-state index contributed by atoms with van der Waals surface area (Å²) in [7, 11) is 0. The average Bonchev–Trinajstić information content (AvgIpc) is 3.65. The first-order valence-electron chi connectivity index (χ1n) is 12.7. The fourth-order valence-electron chi connectivity index (χ4n) is 5.22. The number of amides is 3. The molecule has 3 amide bonds. The van der Waals surface area contributed by atoms with Crippen molar-refractivity contribution in [3.63, 3.8) is 0 Å². The number of nitrogens with zero attached hydrogens (tertiary/aromatic N) is 2. The third-order valence-corrected chi connectivity index (χ3v) is 9.71. The molecule has 8 nitrogen and oxygen atoms in total. The van der Waals surface area contributed by atoms with Gasteiger partial charge >= 0.3 is 17.2 Å². The molecule has 4 heterocycles. The molecule has 2 aliphatic rings. The highest BCUT2D eigenvalue weighted by atomic mass is 32.2. The zero-order chi connectivity index (χ0) is 31.6. The van der Waals surface area contributed by atoms with Crippen LogP contribution in [0, 0.1) is 5.92 Å². The Kier molecular flexibility index (Phi) is 7.23. The third-order valence-electron chi connectivity index (χ3n) is 7.11. The lowest BCUT2D eigenvalue weighted by Gasteiger charge is -2.29. The van der Waals surface area contributed by atoms with Gasteiger partial charge in [-0.1, -0.05) is 35.2 Å². The summed E-state index contributed by atoms with van der Waals surface area (Å²) in [4.78, 5) is 53.8. The van der Waals surface area contributed by atoms with Crippen LogP contribution in [0.5, 0.6) is 0 Å². The number of thiazole rings is 1. The van der Waals surface area contributed by atoms with Gasteiger partial charge in [0.05, 0.1) is 44.8 Å². The first-order valence-corrected chi connectivity index (χ1v) is 14.4. The van der Waals surface area contributed by atoms with Crippen molar-refractivity contribution in [2.45, 2.75) is 35.1 Å². The van der Waals surface area contributed by atoms with Crippen LogP contribution >= 0.6 is 23.1 Å². The van der Waals surface area contributed by atoms with Gasteiger partial charge in [-0.25, -0.2) is 4.90 Å². The van der Waals surface area contributed by atoms with Crippen molar-refractivity contribution >= 4 is 52.2 Å². The summed E-state index contributed by atoms with van der Waals surface area (Å²) in [5.41, 5.74) is -2.47. The number of rotatable bonds is 5. The predicted molar refractivity (Wildman–Crippen MR) is 146 cm³/mol. The number of aromatic nitrogens is 1. The zero-order valence-electron chi connectivity index (χ0n) is 21.8. The summed E-state index contributed by atoms with van der Waals surface area (Å²) in [6.45, 7) is -0.629. The van der Waals surface area contributed by atoms with E-state index in [2.05, 4.69) is 5.32 Å². The number of anilines is 2. The molecule has 2 aromatic heterocycles. The zero-order valence-corrected chi connectivity index (χ0v) is 23.4. The molecule has 0 bridgehead atoms. The highest BCUT2D eigenvalue weighted by molar-refractivity contribution is 8.00. The van der Waals surface area contributed by atoms with Gasteiger partial charge in [-0.3, -0.25) is 23.7 Å². The molecule has 2 aromatic carbocycles. The van der Waals surface area contributed by atoms with E-state index in [4.69, 9.17) is 4.42 Å². The molecule has 6 rings (SSSR count). The van der Waals surface area contributed by atoms with Crippen LogP contribution in [-0.2, 0) is 33.3 Å². The Balaban J connectivity index is 1.35. The number of hydrogen-bond donors (Lipinski definition) is 1. The van der Waals surface area contributed by atoms with E-state index in [1.165, 1.54) is 30.5 Å². The standard InChI is InChI=1S/C28H17F6N3O5S2/c29-27(30,31)13-4-1-6-15(10-13)35-18(38)12-36-25-22(44-26(36)41)19(17-8-3-9-42-17)20-21(43-25)24(40)37(23(20)39)16-7-2-5-14(11-16)28(32,33)34/h1-11,19-21H,12H2,(H,35,38)/t19-,20-,21+/m0/s1. The molecule has 0 spiro atoms. The maximum atomic E-state index is 13.7. The molecule has 0 radical (unpaired) electrons. The Labute approximate surface area is 251 Å². The molecule has 0 saturated carbocycles. The number of carbonyl (C=O) groups is 3. The lowest BCUT2D eigenvalue weighted by molar-refractivity contribution is -0.138. The molecule has 1 saturated heterocycles. The first kappa shape index (κ1) is 29.7. The molecular formula is C28H17F6N3O5S2. The van der Waals surface area contributed by atoms with Crippen molar-refractivity contribution in [3.05, 3.63) is 98.4 Å². The Hall–Kier alpha value is -4.31. The molecule has 1 N–H and O–H groups in total. The van der Waals surface area contributed by atoms with E-state index in [0.29, 0.717) is 27.2 Å². The van der Waals surface area contributed by atoms with Crippen molar-refractivity contribution in [1.82, 2.24) is 4.57 Å². The number of benzene rings is 2. The Bertz CT molecular complexity index is 1850. The summed E-state index contributed by atoms with van der Waals surface area (Å²) in [6.07, 6.45) is -8.06. The minimum Gasteiger partial charge on any atom is -0.469 e. The van der Waals surface area contributed by atoms with Crippen LogP contribution in [0.25, 0.3) is 0 Å². The number of imide groups is 1.